The number of carbonyl (C=O) groups is 3. The van der Waals surface area contributed by atoms with Crippen LogP contribution in [0.5, 0.6) is 0 Å². The number of hydrogen-bond donors (Lipinski definition) is 3. The fourth-order valence-electron chi connectivity index (χ4n) is 1.92. The molecule has 3 N–H and O–H groups in total. The normalized spacial score (nSPS) is 16.0. The summed E-state index contributed by atoms with van der Waals surface area (Å²) < 4.78 is 0. The number of rotatable bonds is 4. The minimum absolute atomic E-state index is 0.0869. The molecule has 20 heavy (non-hydrogen) atoms. The summed E-state index contributed by atoms with van der Waals surface area (Å²) in [6.07, 6.45) is -0.733. The molecule has 1 aromatic carbocycles. The maximum atomic E-state index is 11.9. The highest BCUT2D eigenvalue weighted by Crippen LogP contribution is 2.22. The molecule has 1 aromatic rings. The summed E-state index contributed by atoms with van der Waals surface area (Å²) in [6, 6.07) is 6.22. The summed E-state index contributed by atoms with van der Waals surface area (Å²) in [6.45, 7) is 1.15. The van der Waals surface area contributed by atoms with Crippen LogP contribution in [0.1, 0.15) is 18.6 Å². The van der Waals surface area contributed by atoms with E-state index in [1.807, 2.05) is 0 Å². The Kier molecular flexibility index (Phi) is 3.99. The molecule has 0 aliphatic carbocycles. The van der Waals surface area contributed by atoms with E-state index in [1.54, 1.807) is 31.2 Å². The van der Waals surface area contributed by atoms with Crippen molar-refractivity contribution < 1.29 is 19.5 Å². The van der Waals surface area contributed by atoms with Gasteiger partial charge in [0.15, 0.2) is 0 Å². The summed E-state index contributed by atoms with van der Waals surface area (Å²) in [5.74, 6) is -0.933. The zero-order valence-corrected chi connectivity index (χ0v) is 10.9. The Morgan fingerprint density at radius 3 is 2.75 bits per heavy atom. The second-order valence-corrected chi connectivity index (χ2v) is 4.45. The van der Waals surface area contributed by atoms with Crippen molar-refractivity contribution in [3.05, 3.63) is 29.8 Å². The summed E-state index contributed by atoms with van der Waals surface area (Å²) in [5.41, 5.74) is 1.03. The largest absolute Gasteiger partial charge is 0.389 e. The Hall–Kier alpha value is -2.41. The van der Waals surface area contributed by atoms with Gasteiger partial charge >= 0.3 is 6.03 Å². The van der Waals surface area contributed by atoms with Gasteiger partial charge in [-0.2, -0.15) is 0 Å². The van der Waals surface area contributed by atoms with Crippen LogP contribution < -0.4 is 10.6 Å². The summed E-state index contributed by atoms with van der Waals surface area (Å²) in [5, 5.41) is 14.5. The highest BCUT2D eigenvalue weighted by molar-refractivity contribution is 6.06. The summed E-state index contributed by atoms with van der Waals surface area (Å²) in [7, 11) is 0. The van der Waals surface area contributed by atoms with Crippen molar-refractivity contribution in [1.29, 1.82) is 0 Å². The van der Waals surface area contributed by atoms with E-state index in [-0.39, 0.29) is 13.1 Å². The van der Waals surface area contributed by atoms with E-state index in [0.29, 0.717) is 11.3 Å². The molecule has 1 aliphatic rings. The first kappa shape index (κ1) is 14.0. The van der Waals surface area contributed by atoms with Crippen LogP contribution in [0.3, 0.4) is 0 Å². The Morgan fingerprint density at radius 2 is 2.15 bits per heavy atom. The van der Waals surface area contributed by atoms with E-state index in [1.165, 1.54) is 0 Å². The molecule has 4 amide bonds. The van der Waals surface area contributed by atoms with Crippen molar-refractivity contribution in [2.45, 2.75) is 13.0 Å². The zero-order valence-electron chi connectivity index (χ0n) is 10.9. The molecule has 1 heterocycles. The summed E-state index contributed by atoms with van der Waals surface area (Å²) >= 11 is 0. The summed E-state index contributed by atoms with van der Waals surface area (Å²) in [4.78, 5) is 35.4. The number of urea groups is 1. The number of para-hydroxylation sites is 1. The third kappa shape index (κ3) is 2.94. The van der Waals surface area contributed by atoms with Gasteiger partial charge in [-0.15, -0.1) is 0 Å². The van der Waals surface area contributed by atoms with Gasteiger partial charge in [0.2, 0.25) is 5.91 Å². The van der Waals surface area contributed by atoms with Gasteiger partial charge in [0.1, 0.15) is 6.54 Å². The second kappa shape index (κ2) is 5.70. The van der Waals surface area contributed by atoms with Crippen LogP contribution in [0.15, 0.2) is 24.3 Å². The molecule has 106 valence electrons. The van der Waals surface area contributed by atoms with Crippen LogP contribution >= 0.6 is 0 Å². The number of hydrogen-bond acceptors (Lipinski definition) is 4. The first-order valence-electron chi connectivity index (χ1n) is 6.14. The molecule has 0 spiro atoms. The number of benzene rings is 1. The van der Waals surface area contributed by atoms with E-state index in [9.17, 15) is 19.5 Å². The molecular formula is C13H15N3O4. The lowest BCUT2D eigenvalue weighted by atomic mass is 10.1. The molecular weight excluding hydrogens is 262 g/mol. The maximum absolute atomic E-state index is 11.9. The topological polar surface area (TPSA) is 98.7 Å². The molecule has 0 radical (unpaired) electrons. The molecule has 7 nitrogen and oxygen atoms in total. The molecule has 0 bridgehead atoms. The average molecular weight is 277 g/mol. The number of imide groups is 1. The van der Waals surface area contributed by atoms with Crippen molar-refractivity contribution in [2.75, 3.05) is 18.4 Å². The minimum Gasteiger partial charge on any atom is -0.389 e. The van der Waals surface area contributed by atoms with E-state index in [4.69, 9.17) is 0 Å². The molecule has 1 aliphatic heterocycles. The monoisotopic (exact) mass is 277 g/mol. The van der Waals surface area contributed by atoms with E-state index in [0.717, 1.165) is 4.90 Å². The number of anilines is 1. The smallest absolute Gasteiger partial charge is 0.325 e. The highest BCUT2D eigenvalue weighted by atomic mass is 16.3. The fraction of sp³-hybridized carbons (Fsp3) is 0.308. The lowest BCUT2D eigenvalue weighted by molar-refractivity contribution is -0.128. The lowest BCUT2D eigenvalue weighted by Gasteiger charge is -2.15. The molecule has 0 saturated carbocycles. The van der Waals surface area contributed by atoms with Crippen LogP contribution in [0.25, 0.3) is 0 Å². The van der Waals surface area contributed by atoms with Crippen LogP contribution in [-0.2, 0) is 9.59 Å². The number of aliphatic hydroxyl groups excluding tert-OH is 1. The standard InChI is InChI=1S/C13H15N3O4/c1-8(17)9-4-2-3-5-10(9)15-11(18)7-16-12(19)6-14-13(16)20/h2-5,8,17H,6-7H2,1H3,(H,14,20)(H,15,18). The SMILES string of the molecule is CC(O)c1ccccc1NC(=O)CN1C(=O)CNC1=O. The Labute approximate surface area is 115 Å². The van der Waals surface area contributed by atoms with Gasteiger partial charge < -0.3 is 15.7 Å². The van der Waals surface area contributed by atoms with Crippen LogP contribution in [0, 0.1) is 0 Å². The third-order valence-corrected chi connectivity index (χ3v) is 2.92. The van der Waals surface area contributed by atoms with Gasteiger partial charge in [-0.3, -0.25) is 14.5 Å². The van der Waals surface area contributed by atoms with E-state index < -0.39 is 23.9 Å². The lowest BCUT2D eigenvalue weighted by Crippen LogP contribution is -2.38. The van der Waals surface area contributed by atoms with E-state index >= 15 is 0 Å². The van der Waals surface area contributed by atoms with Crippen molar-refractivity contribution in [1.82, 2.24) is 10.2 Å². The molecule has 2 rings (SSSR count). The number of nitrogens with zero attached hydrogens (tertiary/aromatic N) is 1. The minimum atomic E-state index is -0.733. The third-order valence-electron chi connectivity index (χ3n) is 2.92. The Morgan fingerprint density at radius 1 is 1.45 bits per heavy atom. The number of nitrogens with one attached hydrogen (secondary N) is 2. The Bertz CT molecular complexity index is 540. The Balaban J connectivity index is 2.05. The molecule has 1 atom stereocenters. The van der Waals surface area contributed by atoms with Gasteiger partial charge in [-0.1, -0.05) is 18.2 Å². The van der Waals surface area contributed by atoms with E-state index in [2.05, 4.69) is 10.6 Å². The predicted octanol–water partition coefficient (Wildman–Crippen LogP) is 0.230. The first-order valence-corrected chi connectivity index (χ1v) is 6.14. The number of carbonyl (C=O) groups excluding carboxylic acids is 3. The van der Waals surface area contributed by atoms with Gasteiger partial charge in [0.25, 0.3) is 5.91 Å². The highest BCUT2D eigenvalue weighted by Gasteiger charge is 2.30. The number of aliphatic hydroxyl groups is 1. The van der Waals surface area contributed by atoms with Crippen molar-refractivity contribution in [3.8, 4) is 0 Å². The van der Waals surface area contributed by atoms with Crippen LogP contribution in [-0.4, -0.2) is 40.9 Å². The van der Waals surface area contributed by atoms with Crippen LogP contribution in [0.2, 0.25) is 0 Å². The van der Waals surface area contributed by atoms with Gasteiger partial charge in [-0.25, -0.2) is 4.79 Å². The maximum Gasteiger partial charge on any atom is 0.325 e. The second-order valence-electron chi connectivity index (χ2n) is 4.45. The molecule has 1 unspecified atom stereocenters. The number of amides is 4. The molecule has 1 fully saturated rings. The van der Waals surface area contributed by atoms with Gasteiger partial charge in [0, 0.05) is 11.3 Å². The van der Waals surface area contributed by atoms with Crippen molar-refractivity contribution in [3.63, 3.8) is 0 Å². The quantitative estimate of drug-likeness (QED) is 0.686. The van der Waals surface area contributed by atoms with Gasteiger partial charge in [-0.05, 0) is 13.0 Å². The zero-order chi connectivity index (χ0) is 14.7. The fourth-order valence-corrected chi connectivity index (χ4v) is 1.92. The first-order chi connectivity index (χ1) is 9.49. The molecule has 7 heteroatoms. The van der Waals surface area contributed by atoms with Crippen molar-refractivity contribution in [2.24, 2.45) is 0 Å². The van der Waals surface area contributed by atoms with Gasteiger partial charge in [0.05, 0.1) is 12.6 Å². The molecule has 0 aromatic heterocycles. The van der Waals surface area contributed by atoms with Crippen molar-refractivity contribution >= 4 is 23.5 Å². The van der Waals surface area contributed by atoms with Crippen LogP contribution in [0.4, 0.5) is 10.5 Å². The molecule has 1 saturated heterocycles. The predicted molar refractivity (Wildman–Crippen MR) is 70.8 cm³/mol. The average Bonchev–Trinajstić information content (AvgIpc) is 2.71.